The van der Waals surface area contributed by atoms with Gasteiger partial charge >= 0.3 is 0 Å². The van der Waals surface area contributed by atoms with Gasteiger partial charge < -0.3 is 0 Å². The molecule has 0 aliphatic rings. The molecule has 1 aromatic carbocycles. The smallest absolute Gasteiger partial charge is 0.0625 e. The molecule has 0 nitrogen and oxygen atoms in total. The number of thiol groups is 1. The van der Waals surface area contributed by atoms with Crippen LogP contribution in [0.3, 0.4) is 0 Å². The highest BCUT2D eigenvalue weighted by Gasteiger charge is 2.05. The number of halogens is 1. The molecule has 0 amide bonds. The Morgan fingerprint density at radius 1 is 1.15 bits per heavy atom. The molecule has 0 spiro atoms. The van der Waals surface area contributed by atoms with Gasteiger partial charge in [-0.15, -0.1) is 24.0 Å². The second-order valence-electron chi connectivity index (χ2n) is 2.62. The summed E-state index contributed by atoms with van der Waals surface area (Å²) in [7, 11) is 0. The Labute approximate surface area is 91.6 Å². The van der Waals surface area contributed by atoms with Crippen LogP contribution in [-0.2, 0) is 0 Å². The second kappa shape index (κ2) is 3.74. The highest BCUT2D eigenvalue weighted by atomic mass is 35.5. The van der Waals surface area contributed by atoms with E-state index in [0.717, 1.165) is 15.5 Å². The molecule has 3 heteroatoms. The van der Waals surface area contributed by atoms with E-state index in [2.05, 4.69) is 18.7 Å². The Morgan fingerprint density at radius 3 is 2.69 bits per heavy atom. The minimum atomic E-state index is 0.730. The molecule has 0 aliphatic carbocycles. The first kappa shape index (κ1) is 9.13. The molecular formula is C10H7ClS2. The molecule has 0 unspecified atom stereocenters. The third-order valence-corrected chi connectivity index (χ3v) is 3.58. The molecule has 66 valence electrons. The molecule has 0 radical (unpaired) electrons. The van der Waals surface area contributed by atoms with Crippen molar-refractivity contribution in [3.63, 3.8) is 0 Å². The lowest BCUT2D eigenvalue weighted by Gasteiger charge is -2.02. The lowest BCUT2D eigenvalue weighted by atomic mass is 10.2. The maximum atomic E-state index is 6.11. The van der Waals surface area contributed by atoms with Crippen LogP contribution < -0.4 is 0 Å². The van der Waals surface area contributed by atoms with Crippen LogP contribution in [0, 0.1) is 0 Å². The van der Waals surface area contributed by atoms with Crippen LogP contribution in [0.1, 0.15) is 0 Å². The summed E-state index contributed by atoms with van der Waals surface area (Å²) >= 11 is 12.1. The van der Waals surface area contributed by atoms with Gasteiger partial charge in [-0.25, -0.2) is 0 Å². The predicted octanol–water partition coefficient (Wildman–Crippen LogP) is 4.36. The average molecular weight is 227 g/mol. The lowest BCUT2D eigenvalue weighted by Crippen LogP contribution is -1.76. The zero-order valence-electron chi connectivity index (χ0n) is 6.70. The van der Waals surface area contributed by atoms with Crippen molar-refractivity contribution < 1.29 is 0 Å². The first-order chi connectivity index (χ1) is 6.29. The van der Waals surface area contributed by atoms with Gasteiger partial charge in [-0.05, 0) is 17.5 Å². The summed E-state index contributed by atoms with van der Waals surface area (Å²) in [4.78, 5) is 2.01. The highest BCUT2D eigenvalue weighted by Crippen LogP contribution is 2.34. The fourth-order valence-corrected chi connectivity index (χ4v) is 2.39. The van der Waals surface area contributed by atoms with Crippen LogP contribution in [0.25, 0.3) is 10.4 Å². The van der Waals surface area contributed by atoms with E-state index in [0.29, 0.717) is 0 Å². The molecular weight excluding hydrogens is 220 g/mol. The molecule has 13 heavy (non-hydrogen) atoms. The van der Waals surface area contributed by atoms with E-state index in [1.165, 1.54) is 4.88 Å². The number of rotatable bonds is 1. The summed E-state index contributed by atoms with van der Waals surface area (Å²) in [5.74, 6) is 0. The van der Waals surface area contributed by atoms with E-state index in [-0.39, 0.29) is 0 Å². The average Bonchev–Trinajstić information content (AvgIpc) is 2.62. The van der Waals surface area contributed by atoms with Crippen LogP contribution in [0.5, 0.6) is 0 Å². The van der Waals surface area contributed by atoms with Crippen molar-refractivity contribution in [1.29, 1.82) is 0 Å². The van der Waals surface area contributed by atoms with Gasteiger partial charge in [-0.2, -0.15) is 0 Å². The maximum absolute atomic E-state index is 6.11. The third-order valence-electron chi connectivity index (χ3n) is 1.76. The van der Waals surface area contributed by atoms with Gasteiger partial charge in [0.2, 0.25) is 0 Å². The summed E-state index contributed by atoms with van der Waals surface area (Å²) < 4.78 is 0. The van der Waals surface area contributed by atoms with Crippen molar-refractivity contribution in [2.45, 2.75) is 4.90 Å². The van der Waals surface area contributed by atoms with E-state index < -0.39 is 0 Å². The topological polar surface area (TPSA) is 0 Å². The van der Waals surface area contributed by atoms with Crippen LogP contribution in [0.4, 0.5) is 0 Å². The molecule has 0 saturated heterocycles. The Kier molecular flexibility index (Phi) is 2.63. The summed E-state index contributed by atoms with van der Waals surface area (Å²) in [6.07, 6.45) is 0. The molecule has 0 N–H and O–H groups in total. The quantitative estimate of drug-likeness (QED) is 0.687. The number of hydrogen-bond acceptors (Lipinski definition) is 2. The Bertz CT molecular complexity index is 407. The monoisotopic (exact) mass is 226 g/mol. The Hall–Kier alpha value is -0.440. The first-order valence-electron chi connectivity index (χ1n) is 3.80. The van der Waals surface area contributed by atoms with E-state index in [9.17, 15) is 0 Å². The maximum Gasteiger partial charge on any atom is 0.0625 e. The van der Waals surface area contributed by atoms with E-state index in [4.69, 9.17) is 11.6 Å². The van der Waals surface area contributed by atoms with E-state index >= 15 is 0 Å². The normalized spacial score (nSPS) is 10.3. The second-order valence-corrected chi connectivity index (χ2v) is 4.42. The molecule has 1 aromatic heterocycles. The van der Waals surface area contributed by atoms with Crippen molar-refractivity contribution in [1.82, 2.24) is 0 Å². The molecule has 0 aliphatic heterocycles. The summed E-state index contributed by atoms with van der Waals surface area (Å²) in [6, 6.07) is 9.93. The van der Waals surface area contributed by atoms with Crippen LogP contribution in [0.2, 0.25) is 5.02 Å². The zero-order chi connectivity index (χ0) is 9.26. The van der Waals surface area contributed by atoms with E-state index in [1.54, 1.807) is 11.3 Å². The lowest BCUT2D eigenvalue weighted by molar-refractivity contribution is 1.48. The van der Waals surface area contributed by atoms with Crippen LogP contribution in [-0.4, -0.2) is 0 Å². The van der Waals surface area contributed by atoms with Crippen molar-refractivity contribution in [3.05, 3.63) is 40.7 Å². The minimum absolute atomic E-state index is 0.730. The summed E-state index contributed by atoms with van der Waals surface area (Å²) in [5.41, 5.74) is 1.06. The molecule has 0 bridgehead atoms. The van der Waals surface area contributed by atoms with Gasteiger partial charge in [-0.1, -0.05) is 29.8 Å². The fraction of sp³-hybridized carbons (Fsp3) is 0. The van der Waals surface area contributed by atoms with Gasteiger partial charge in [0.25, 0.3) is 0 Å². The SMILES string of the molecule is Sc1cccc(-c2cccs2)c1Cl. The summed E-state index contributed by atoms with van der Waals surface area (Å²) in [5, 5.41) is 2.77. The van der Waals surface area contributed by atoms with Crippen LogP contribution >= 0.6 is 35.6 Å². The Morgan fingerprint density at radius 2 is 2.00 bits per heavy atom. The fourth-order valence-electron chi connectivity index (χ4n) is 1.14. The molecule has 0 saturated carbocycles. The molecule has 1 heterocycles. The standard InChI is InChI=1S/C10H7ClS2/c11-10-7(3-1-4-8(10)12)9-5-2-6-13-9/h1-6,12H. The number of benzene rings is 1. The predicted molar refractivity (Wildman–Crippen MR) is 62.0 cm³/mol. The zero-order valence-corrected chi connectivity index (χ0v) is 9.16. The summed E-state index contributed by atoms with van der Waals surface area (Å²) in [6.45, 7) is 0. The van der Waals surface area contributed by atoms with Gasteiger partial charge in [0.1, 0.15) is 0 Å². The molecule has 2 aromatic rings. The molecule has 0 fully saturated rings. The highest BCUT2D eigenvalue weighted by molar-refractivity contribution is 7.80. The van der Waals surface area contributed by atoms with Gasteiger partial charge in [0, 0.05) is 15.3 Å². The third kappa shape index (κ3) is 1.75. The first-order valence-corrected chi connectivity index (χ1v) is 5.51. The van der Waals surface area contributed by atoms with Gasteiger partial charge in [0.05, 0.1) is 5.02 Å². The van der Waals surface area contributed by atoms with Crippen molar-refractivity contribution >= 4 is 35.6 Å². The minimum Gasteiger partial charge on any atom is -0.144 e. The van der Waals surface area contributed by atoms with Crippen molar-refractivity contribution in [3.8, 4) is 10.4 Å². The van der Waals surface area contributed by atoms with E-state index in [1.807, 2.05) is 29.6 Å². The number of thiophene rings is 1. The molecule has 0 atom stereocenters. The molecule has 2 rings (SSSR count). The largest absolute Gasteiger partial charge is 0.144 e. The van der Waals surface area contributed by atoms with Gasteiger partial charge in [0.15, 0.2) is 0 Å². The van der Waals surface area contributed by atoms with Gasteiger partial charge in [-0.3, -0.25) is 0 Å². The van der Waals surface area contributed by atoms with Crippen LogP contribution in [0.15, 0.2) is 40.6 Å². The number of hydrogen-bond donors (Lipinski definition) is 1. The van der Waals surface area contributed by atoms with Crippen molar-refractivity contribution in [2.24, 2.45) is 0 Å². The van der Waals surface area contributed by atoms with Crippen molar-refractivity contribution in [2.75, 3.05) is 0 Å². The Balaban J connectivity index is 2.59.